The molecule has 1 heterocycles. The van der Waals surface area contributed by atoms with Crippen molar-refractivity contribution in [2.24, 2.45) is 4.99 Å². The zero-order valence-electron chi connectivity index (χ0n) is 20.2. The predicted octanol–water partition coefficient (Wildman–Crippen LogP) is 7.35. The van der Waals surface area contributed by atoms with Crippen LogP contribution in [0.4, 0.5) is 0 Å². The topological polar surface area (TPSA) is 59.9 Å². The van der Waals surface area contributed by atoms with Crippen molar-refractivity contribution in [1.82, 2.24) is 5.32 Å². The van der Waals surface area contributed by atoms with Crippen molar-refractivity contribution >= 4 is 52.1 Å². The van der Waals surface area contributed by atoms with Crippen LogP contribution in [0.2, 0.25) is 10.0 Å². The SMILES string of the molecule is CCOc1cc(/C=C2\SC(=NCc3cc(C)cc(C)c3)NC2=O)ccc1OCc1ccc(Cl)cc1Cl. The van der Waals surface area contributed by atoms with Crippen molar-refractivity contribution in [3.8, 4) is 11.5 Å². The Bertz CT molecular complexity index is 1330. The summed E-state index contributed by atoms with van der Waals surface area (Å²) in [5.41, 5.74) is 5.15. The van der Waals surface area contributed by atoms with Gasteiger partial charge in [0.25, 0.3) is 5.91 Å². The average Bonchev–Trinajstić information content (AvgIpc) is 3.17. The first-order valence-corrected chi connectivity index (χ1v) is 13.0. The van der Waals surface area contributed by atoms with E-state index in [1.807, 2.05) is 37.3 Å². The molecule has 4 rings (SSSR count). The summed E-state index contributed by atoms with van der Waals surface area (Å²) in [5.74, 6) is 1.00. The number of benzene rings is 3. The second-order valence-electron chi connectivity index (χ2n) is 8.35. The van der Waals surface area contributed by atoms with Crippen molar-refractivity contribution in [3.63, 3.8) is 0 Å². The Labute approximate surface area is 225 Å². The van der Waals surface area contributed by atoms with Gasteiger partial charge in [0.05, 0.1) is 18.1 Å². The second kappa shape index (κ2) is 11.9. The number of amides is 1. The number of hydrogen-bond acceptors (Lipinski definition) is 5. The number of hydrogen-bond donors (Lipinski definition) is 1. The lowest BCUT2D eigenvalue weighted by Gasteiger charge is -2.13. The average molecular weight is 542 g/mol. The van der Waals surface area contributed by atoms with Crippen LogP contribution in [-0.4, -0.2) is 17.7 Å². The number of carbonyl (C=O) groups is 1. The third-order valence-electron chi connectivity index (χ3n) is 5.30. The van der Waals surface area contributed by atoms with E-state index in [0.717, 1.165) is 16.7 Å². The Kier molecular flexibility index (Phi) is 8.62. The monoisotopic (exact) mass is 540 g/mol. The number of nitrogens with one attached hydrogen (secondary N) is 1. The molecule has 0 aromatic heterocycles. The van der Waals surface area contributed by atoms with Gasteiger partial charge in [-0.1, -0.05) is 64.7 Å². The van der Waals surface area contributed by atoms with Crippen molar-refractivity contribution in [1.29, 1.82) is 0 Å². The molecular weight excluding hydrogens is 515 g/mol. The number of carbonyl (C=O) groups excluding carboxylic acids is 1. The number of nitrogens with zero attached hydrogens (tertiary/aromatic N) is 1. The van der Waals surface area contributed by atoms with Crippen LogP contribution in [-0.2, 0) is 17.9 Å². The van der Waals surface area contributed by atoms with Gasteiger partial charge in [0.2, 0.25) is 0 Å². The van der Waals surface area contributed by atoms with Gasteiger partial charge in [0.15, 0.2) is 16.7 Å². The minimum atomic E-state index is -0.171. The number of rotatable bonds is 8. The van der Waals surface area contributed by atoms with Gasteiger partial charge in [-0.25, -0.2) is 0 Å². The zero-order valence-corrected chi connectivity index (χ0v) is 22.6. The summed E-state index contributed by atoms with van der Waals surface area (Å²) in [7, 11) is 0. The molecule has 186 valence electrons. The zero-order chi connectivity index (χ0) is 25.7. The third-order valence-corrected chi connectivity index (χ3v) is 6.84. The van der Waals surface area contributed by atoms with Gasteiger partial charge in [0.1, 0.15) is 6.61 Å². The Morgan fingerprint density at radius 1 is 0.972 bits per heavy atom. The van der Waals surface area contributed by atoms with Crippen LogP contribution >= 0.6 is 35.0 Å². The minimum absolute atomic E-state index is 0.171. The first-order chi connectivity index (χ1) is 17.3. The van der Waals surface area contributed by atoms with E-state index in [-0.39, 0.29) is 12.5 Å². The number of aryl methyl sites for hydroxylation is 2. The molecule has 8 heteroatoms. The number of aliphatic imine (C=N–C) groups is 1. The van der Waals surface area contributed by atoms with E-state index >= 15 is 0 Å². The fourth-order valence-electron chi connectivity index (χ4n) is 3.77. The summed E-state index contributed by atoms with van der Waals surface area (Å²) >= 11 is 13.6. The molecule has 1 amide bonds. The molecule has 1 aliphatic rings. The molecule has 1 aliphatic heterocycles. The molecule has 1 fully saturated rings. The largest absolute Gasteiger partial charge is 0.490 e. The van der Waals surface area contributed by atoms with Crippen molar-refractivity contribution in [2.45, 2.75) is 33.9 Å². The maximum atomic E-state index is 12.5. The molecule has 0 atom stereocenters. The van der Waals surface area contributed by atoms with Crippen LogP contribution in [0.1, 0.15) is 34.7 Å². The lowest BCUT2D eigenvalue weighted by Crippen LogP contribution is -2.19. The van der Waals surface area contributed by atoms with Gasteiger partial charge in [-0.05, 0) is 74.0 Å². The first-order valence-electron chi connectivity index (χ1n) is 11.5. The van der Waals surface area contributed by atoms with Gasteiger partial charge in [-0.15, -0.1) is 0 Å². The number of ether oxygens (including phenoxy) is 2. The molecule has 0 aliphatic carbocycles. The van der Waals surface area contributed by atoms with Crippen LogP contribution < -0.4 is 14.8 Å². The molecular formula is C28H26Cl2N2O3S. The molecule has 0 unspecified atom stereocenters. The van der Waals surface area contributed by atoms with Crippen LogP contribution in [0, 0.1) is 13.8 Å². The Balaban J connectivity index is 1.47. The van der Waals surface area contributed by atoms with Crippen LogP contribution in [0.5, 0.6) is 11.5 Å². The quantitative estimate of drug-likeness (QED) is 0.303. The van der Waals surface area contributed by atoms with E-state index in [0.29, 0.717) is 44.8 Å². The Morgan fingerprint density at radius 2 is 1.75 bits per heavy atom. The summed E-state index contributed by atoms with van der Waals surface area (Å²) in [4.78, 5) is 17.7. The summed E-state index contributed by atoms with van der Waals surface area (Å²) in [5, 5.41) is 4.56. The summed E-state index contributed by atoms with van der Waals surface area (Å²) in [6, 6.07) is 17.2. The van der Waals surface area contributed by atoms with Crippen LogP contribution in [0.25, 0.3) is 6.08 Å². The van der Waals surface area contributed by atoms with Gasteiger partial charge in [-0.2, -0.15) is 0 Å². The highest BCUT2D eigenvalue weighted by molar-refractivity contribution is 8.18. The van der Waals surface area contributed by atoms with Gasteiger partial charge in [0, 0.05) is 15.6 Å². The summed E-state index contributed by atoms with van der Waals surface area (Å²) in [6.07, 6.45) is 1.82. The summed E-state index contributed by atoms with van der Waals surface area (Å²) in [6.45, 7) is 7.30. The third kappa shape index (κ3) is 6.84. The molecule has 1 N–H and O–H groups in total. The highest BCUT2D eigenvalue weighted by Crippen LogP contribution is 2.33. The smallest absolute Gasteiger partial charge is 0.264 e. The van der Waals surface area contributed by atoms with Crippen LogP contribution in [0.3, 0.4) is 0 Å². The number of amidine groups is 1. The number of thioether (sulfide) groups is 1. The Hall–Kier alpha value is -2.93. The van der Waals surface area contributed by atoms with Crippen molar-refractivity contribution < 1.29 is 14.3 Å². The van der Waals surface area contributed by atoms with E-state index in [1.54, 1.807) is 12.1 Å². The maximum absolute atomic E-state index is 12.5. The predicted molar refractivity (Wildman–Crippen MR) is 149 cm³/mol. The minimum Gasteiger partial charge on any atom is -0.490 e. The molecule has 0 saturated carbocycles. The van der Waals surface area contributed by atoms with Gasteiger partial charge < -0.3 is 14.8 Å². The molecule has 36 heavy (non-hydrogen) atoms. The first kappa shape index (κ1) is 26.1. The second-order valence-corrected chi connectivity index (χ2v) is 10.2. The number of halogens is 2. The lowest BCUT2D eigenvalue weighted by molar-refractivity contribution is -0.115. The lowest BCUT2D eigenvalue weighted by atomic mass is 10.1. The standard InChI is InChI=1S/C28H26Cl2N2O3S/c1-4-34-25-12-19(5-8-24(25)35-16-21-6-7-22(29)14-23(21)30)13-26-27(33)32-28(36-26)31-15-20-10-17(2)9-18(3)11-20/h5-14H,4,15-16H2,1-3H3,(H,31,32,33)/b26-13-. The van der Waals surface area contributed by atoms with Crippen molar-refractivity contribution in [3.05, 3.63) is 97.4 Å². The molecule has 0 bridgehead atoms. The van der Waals surface area contributed by atoms with Crippen LogP contribution in [0.15, 0.2) is 64.5 Å². The van der Waals surface area contributed by atoms with E-state index in [9.17, 15) is 4.79 Å². The molecule has 3 aromatic carbocycles. The summed E-state index contributed by atoms with van der Waals surface area (Å²) < 4.78 is 11.8. The fourth-order valence-corrected chi connectivity index (χ4v) is 5.06. The molecule has 5 nitrogen and oxygen atoms in total. The van der Waals surface area contributed by atoms with E-state index < -0.39 is 0 Å². The molecule has 1 saturated heterocycles. The van der Waals surface area contributed by atoms with Crippen molar-refractivity contribution in [2.75, 3.05) is 6.61 Å². The van der Waals surface area contributed by atoms with Gasteiger partial charge >= 0.3 is 0 Å². The highest BCUT2D eigenvalue weighted by atomic mass is 35.5. The van der Waals surface area contributed by atoms with E-state index in [4.69, 9.17) is 32.7 Å². The molecule has 0 radical (unpaired) electrons. The maximum Gasteiger partial charge on any atom is 0.264 e. The van der Waals surface area contributed by atoms with Gasteiger partial charge in [-0.3, -0.25) is 9.79 Å². The highest BCUT2D eigenvalue weighted by Gasteiger charge is 2.23. The normalized spacial score (nSPS) is 15.4. The molecule has 3 aromatic rings. The van der Waals surface area contributed by atoms with E-state index in [2.05, 4.69) is 42.4 Å². The Morgan fingerprint density at radius 3 is 2.47 bits per heavy atom. The molecule has 0 spiro atoms. The fraction of sp³-hybridized carbons (Fsp3) is 0.214. The van der Waals surface area contributed by atoms with E-state index in [1.165, 1.54) is 22.9 Å².